The summed E-state index contributed by atoms with van der Waals surface area (Å²) < 4.78 is 27.9. The van der Waals surface area contributed by atoms with Gasteiger partial charge >= 0.3 is 0 Å². The first-order valence-corrected chi connectivity index (χ1v) is 7.14. The predicted octanol–water partition coefficient (Wildman–Crippen LogP) is 4.59. The molecule has 2 aromatic carbocycles. The van der Waals surface area contributed by atoms with E-state index in [2.05, 4.69) is 15.9 Å². The maximum Gasteiger partial charge on any atom is 0.143 e. The molecular weight excluding hydrogens is 324 g/mol. The molecule has 0 fully saturated rings. The van der Waals surface area contributed by atoms with E-state index < -0.39 is 17.7 Å². The Kier molecular flexibility index (Phi) is 4.55. The summed E-state index contributed by atoms with van der Waals surface area (Å²) in [5, 5.41) is 0. The van der Waals surface area contributed by atoms with Crippen LogP contribution >= 0.6 is 15.9 Å². The van der Waals surface area contributed by atoms with Crippen LogP contribution in [0.15, 0.2) is 34.8 Å². The highest BCUT2D eigenvalue weighted by molar-refractivity contribution is 9.10. The first-order valence-electron chi connectivity index (χ1n) is 6.35. The van der Waals surface area contributed by atoms with Crippen molar-refractivity contribution >= 4 is 15.9 Å². The normalized spacial score (nSPS) is 12.5. The molecule has 106 valence electrons. The summed E-state index contributed by atoms with van der Waals surface area (Å²) in [6.45, 7) is 4.00. The summed E-state index contributed by atoms with van der Waals surface area (Å²) in [7, 11) is 0. The minimum atomic E-state index is -0.579. The highest BCUT2D eigenvalue weighted by atomic mass is 79.9. The fourth-order valence-corrected chi connectivity index (χ4v) is 2.46. The maximum atomic E-state index is 13.9. The second-order valence-electron chi connectivity index (χ2n) is 4.98. The van der Waals surface area contributed by atoms with Crippen molar-refractivity contribution in [1.29, 1.82) is 0 Å². The minimum absolute atomic E-state index is 0.0186. The molecule has 0 saturated heterocycles. The van der Waals surface area contributed by atoms with Crippen molar-refractivity contribution in [3.8, 4) is 0 Å². The van der Waals surface area contributed by atoms with Gasteiger partial charge in [0.25, 0.3) is 0 Å². The molecule has 0 spiro atoms. The molecule has 1 atom stereocenters. The van der Waals surface area contributed by atoms with Crippen LogP contribution in [0, 0.1) is 25.5 Å². The number of hydrogen-bond donors (Lipinski definition) is 1. The lowest BCUT2D eigenvalue weighted by Crippen LogP contribution is -2.15. The van der Waals surface area contributed by atoms with Crippen LogP contribution in [-0.4, -0.2) is 0 Å². The van der Waals surface area contributed by atoms with Crippen LogP contribution in [0.3, 0.4) is 0 Å². The van der Waals surface area contributed by atoms with E-state index in [-0.39, 0.29) is 16.5 Å². The monoisotopic (exact) mass is 339 g/mol. The summed E-state index contributed by atoms with van der Waals surface area (Å²) in [6.07, 6.45) is 0.125. The van der Waals surface area contributed by atoms with E-state index in [1.165, 1.54) is 17.7 Å². The number of hydrogen-bond acceptors (Lipinski definition) is 1. The molecule has 4 heteroatoms. The highest BCUT2D eigenvalue weighted by Crippen LogP contribution is 2.26. The zero-order valence-corrected chi connectivity index (χ0v) is 13.0. The molecule has 0 aliphatic heterocycles. The molecule has 0 saturated carbocycles. The smallest absolute Gasteiger partial charge is 0.143 e. The summed E-state index contributed by atoms with van der Waals surface area (Å²) in [5.74, 6) is -1.14. The van der Waals surface area contributed by atoms with E-state index in [9.17, 15) is 8.78 Å². The van der Waals surface area contributed by atoms with Crippen LogP contribution in [-0.2, 0) is 6.42 Å². The van der Waals surface area contributed by atoms with E-state index in [4.69, 9.17) is 5.73 Å². The molecular formula is C16H16BrF2N. The largest absolute Gasteiger partial charge is 0.324 e. The Bertz CT molecular complexity index is 641. The molecule has 0 heterocycles. The Balaban J connectivity index is 2.30. The number of nitrogens with two attached hydrogens (primary N) is 1. The molecule has 0 bridgehead atoms. The van der Waals surface area contributed by atoms with Crippen LogP contribution < -0.4 is 5.73 Å². The van der Waals surface area contributed by atoms with Crippen molar-refractivity contribution in [2.24, 2.45) is 5.73 Å². The Morgan fingerprint density at radius 1 is 1.10 bits per heavy atom. The average Bonchev–Trinajstić information content (AvgIpc) is 2.42. The molecule has 1 nitrogen and oxygen atoms in total. The van der Waals surface area contributed by atoms with Gasteiger partial charge in [0.15, 0.2) is 0 Å². The van der Waals surface area contributed by atoms with Crippen molar-refractivity contribution in [3.63, 3.8) is 0 Å². The van der Waals surface area contributed by atoms with Gasteiger partial charge in [-0.05, 0) is 65.0 Å². The fourth-order valence-electron chi connectivity index (χ4n) is 2.09. The second kappa shape index (κ2) is 6.02. The van der Waals surface area contributed by atoms with Gasteiger partial charge in [0, 0.05) is 11.6 Å². The first kappa shape index (κ1) is 15.1. The van der Waals surface area contributed by atoms with Crippen LogP contribution in [0.25, 0.3) is 0 Å². The first-order chi connectivity index (χ1) is 9.40. The van der Waals surface area contributed by atoms with E-state index in [1.54, 1.807) is 0 Å². The summed E-state index contributed by atoms with van der Waals surface area (Å²) in [6, 6.07) is 8.01. The SMILES string of the molecule is Cc1ccc(C(N)Cc2c(F)ccc(Br)c2F)cc1C. The molecule has 0 aromatic heterocycles. The number of benzene rings is 2. The number of rotatable bonds is 3. The predicted molar refractivity (Wildman–Crippen MR) is 80.6 cm³/mol. The third kappa shape index (κ3) is 3.07. The fraction of sp³-hybridized carbons (Fsp3) is 0.250. The Hall–Kier alpha value is -1.26. The van der Waals surface area contributed by atoms with Crippen LogP contribution in [0.4, 0.5) is 8.78 Å². The van der Waals surface area contributed by atoms with Gasteiger partial charge in [0.05, 0.1) is 4.47 Å². The minimum Gasteiger partial charge on any atom is -0.324 e. The van der Waals surface area contributed by atoms with Gasteiger partial charge in [-0.25, -0.2) is 8.78 Å². The molecule has 2 aromatic rings. The van der Waals surface area contributed by atoms with Crippen molar-refractivity contribution in [1.82, 2.24) is 0 Å². The average molecular weight is 340 g/mol. The summed E-state index contributed by atoms with van der Waals surface area (Å²) >= 11 is 3.07. The van der Waals surface area contributed by atoms with Crippen LogP contribution in [0.1, 0.15) is 28.3 Å². The maximum absolute atomic E-state index is 13.9. The Labute approximate surface area is 125 Å². The zero-order valence-electron chi connectivity index (χ0n) is 11.4. The molecule has 0 radical (unpaired) electrons. The van der Waals surface area contributed by atoms with Crippen molar-refractivity contribution < 1.29 is 8.78 Å². The standard InChI is InChI=1S/C16H16BrF2N/c1-9-3-4-11(7-10(9)2)15(20)8-12-14(18)6-5-13(17)16(12)19/h3-7,15H,8,20H2,1-2H3. The molecule has 20 heavy (non-hydrogen) atoms. The highest BCUT2D eigenvalue weighted by Gasteiger charge is 2.17. The van der Waals surface area contributed by atoms with Gasteiger partial charge < -0.3 is 5.73 Å². The second-order valence-corrected chi connectivity index (χ2v) is 5.83. The Morgan fingerprint density at radius 3 is 2.45 bits per heavy atom. The van der Waals surface area contributed by atoms with Gasteiger partial charge in [-0.3, -0.25) is 0 Å². The van der Waals surface area contributed by atoms with E-state index in [0.29, 0.717) is 0 Å². The molecule has 1 unspecified atom stereocenters. The van der Waals surface area contributed by atoms with Crippen LogP contribution in [0.5, 0.6) is 0 Å². The van der Waals surface area contributed by atoms with Crippen molar-refractivity contribution in [2.45, 2.75) is 26.3 Å². The summed E-state index contributed by atoms with van der Waals surface area (Å²) in [5.41, 5.74) is 9.27. The molecule has 2 rings (SSSR count). The van der Waals surface area contributed by atoms with E-state index >= 15 is 0 Å². The molecule has 0 aliphatic rings. The number of aryl methyl sites for hydroxylation is 2. The summed E-state index contributed by atoms with van der Waals surface area (Å²) in [4.78, 5) is 0. The quantitative estimate of drug-likeness (QED) is 0.813. The van der Waals surface area contributed by atoms with Gasteiger partial charge in [0.1, 0.15) is 11.6 Å². The Morgan fingerprint density at radius 2 is 1.80 bits per heavy atom. The van der Waals surface area contributed by atoms with Crippen molar-refractivity contribution in [3.05, 3.63) is 68.7 Å². The van der Waals surface area contributed by atoms with E-state index in [1.807, 2.05) is 32.0 Å². The van der Waals surface area contributed by atoms with Gasteiger partial charge in [-0.2, -0.15) is 0 Å². The third-order valence-electron chi connectivity index (χ3n) is 3.52. The third-order valence-corrected chi connectivity index (χ3v) is 4.13. The van der Waals surface area contributed by atoms with Gasteiger partial charge in [0.2, 0.25) is 0 Å². The number of halogens is 3. The van der Waals surface area contributed by atoms with Gasteiger partial charge in [-0.15, -0.1) is 0 Å². The zero-order chi connectivity index (χ0) is 14.9. The van der Waals surface area contributed by atoms with Gasteiger partial charge in [-0.1, -0.05) is 18.2 Å². The topological polar surface area (TPSA) is 26.0 Å². The lowest BCUT2D eigenvalue weighted by molar-refractivity contribution is 0.536. The lowest BCUT2D eigenvalue weighted by atomic mass is 9.96. The lowest BCUT2D eigenvalue weighted by Gasteiger charge is -2.15. The van der Waals surface area contributed by atoms with Crippen molar-refractivity contribution in [2.75, 3.05) is 0 Å². The van der Waals surface area contributed by atoms with E-state index in [0.717, 1.165) is 11.1 Å². The van der Waals surface area contributed by atoms with Crippen LogP contribution in [0.2, 0.25) is 0 Å². The molecule has 2 N–H and O–H groups in total. The molecule has 0 amide bonds. The molecule has 0 aliphatic carbocycles.